The summed E-state index contributed by atoms with van der Waals surface area (Å²) in [5.74, 6) is 0.460. The third-order valence-electron chi connectivity index (χ3n) is 4.97. The summed E-state index contributed by atoms with van der Waals surface area (Å²) in [6.07, 6.45) is 5.67. The van der Waals surface area contributed by atoms with E-state index in [1.54, 1.807) is 0 Å². The van der Waals surface area contributed by atoms with E-state index in [9.17, 15) is 4.79 Å². The molecule has 1 amide bonds. The van der Waals surface area contributed by atoms with Crippen LogP contribution in [-0.2, 0) is 16.0 Å². The second-order valence-corrected chi connectivity index (χ2v) is 6.96. The van der Waals surface area contributed by atoms with Crippen molar-refractivity contribution < 1.29 is 9.53 Å². The standard InChI is InChI=1S/C18H28N4O2/c1-21-7-2-8-22(10-9-21)12-18(23)20-17-14-24-13-16(17)11-15-3-5-19-6-4-15/h3-6,16-17H,2,7-14H2,1H3,(H,20,23)/t16-,17+/m1/s1. The first-order valence-corrected chi connectivity index (χ1v) is 8.87. The van der Waals surface area contributed by atoms with Gasteiger partial charge in [0.1, 0.15) is 0 Å². The minimum absolute atomic E-state index is 0.111. The van der Waals surface area contributed by atoms with Gasteiger partial charge in [0.05, 0.1) is 25.8 Å². The van der Waals surface area contributed by atoms with Crippen LogP contribution in [0.25, 0.3) is 0 Å². The first-order valence-electron chi connectivity index (χ1n) is 8.87. The smallest absolute Gasteiger partial charge is 0.234 e. The van der Waals surface area contributed by atoms with Crippen LogP contribution in [0.4, 0.5) is 0 Å². The summed E-state index contributed by atoms with van der Waals surface area (Å²) < 4.78 is 5.62. The number of aromatic nitrogens is 1. The average Bonchev–Trinajstić information content (AvgIpc) is 2.89. The Morgan fingerprint density at radius 3 is 2.92 bits per heavy atom. The molecular formula is C18H28N4O2. The van der Waals surface area contributed by atoms with Gasteiger partial charge in [0.25, 0.3) is 0 Å². The molecule has 24 heavy (non-hydrogen) atoms. The van der Waals surface area contributed by atoms with Crippen molar-refractivity contribution in [3.63, 3.8) is 0 Å². The van der Waals surface area contributed by atoms with E-state index in [1.807, 2.05) is 24.5 Å². The highest BCUT2D eigenvalue weighted by molar-refractivity contribution is 5.78. The van der Waals surface area contributed by atoms with E-state index < -0.39 is 0 Å². The summed E-state index contributed by atoms with van der Waals surface area (Å²) in [5, 5.41) is 3.19. The molecule has 1 aromatic rings. The first kappa shape index (κ1) is 17.3. The molecule has 0 radical (unpaired) electrons. The maximum Gasteiger partial charge on any atom is 0.234 e. The number of amides is 1. The summed E-state index contributed by atoms with van der Waals surface area (Å²) in [6.45, 7) is 5.93. The van der Waals surface area contributed by atoms with Gasteiger partial charge < -0.3 is 15.0 Å². The molecule has 2 fully saturated rings. The fraction of sp³-hybridized carbons (Fsp3) is 0.667. The molecule has 3 heterocycles. The number of carbonyl (C=O) groups excluding carboxylic acids is 1. The highest BCUT2D eigenvalue weighted by Crippen LogP contribution is 2.19. The highest BCUT2D eigenvalue weighted by atomic mass is 16.5. The topological polar surface area (TPSA) is 57.7 Å². The lowest BCUT2D eigenvalue weighted by Crippen LogP contribution is -2.46. The summed E-state index contributed by atoms with van der Waals surface area (Å²) in [5.41, 5.74) is 1.25. The largest absolute Gasteiger partial charge is 0.379 e. The lowest BCUT2D eigenvalue weighted by atomic mass is 9.95. The van der Waals surface area contributed by atoms with Crippen LogP contribution in [0.3, 0.4) is 0 Å². The van der Waals surface area contributed by atoms with Gasteiger partial charge in [-0.05, 0) is 50.7 Å². The molecular weight excluding hydrogens is 304 g/mol. The normalized spacial score (nSPS) is 26.2. The second kappa shape index (κ2) is 8.55. The number of hydrogen-bond donors (Lipinski definition) is 1. The Morgan fingerprint density at radius 1 is 1.25 bits per heavy atom. The van der Waals surface area contributed by atoms with E-state index in [4.69, 9.17) is 4.74 Å². The Balaban J connectivity index is 1.48. The summed E-state index contributed by atoms with van der Waals surface area (Å²) >= 11 is 0. The molecule has 0 spiro atoms. The third-order valence-corrected chi connectivity index (χ3v) is 4.97. The molecule has 0 saturated carbocycles. The molecule has 2 atom stereocenters. The Morgan fingerprint density at radius 2 is 2.08 bits per heavy atom. The molecule has 2 saturated heterocycles. The zero-order chi connectivity index (χ0) is 16.8. The number of ether oxygens (including phenoxy) is 1. The van der Waals surface area contributed by atoms with Crippen LogP contribution in [0.5, 0.6) is 0 Å². The molecule has 0 bridgehead atoms. The van der Waals surface area contributed by atoms with Gasteiger partial charge in [-0.25, -0.2) is 0 Å². The molecule has 3 rings (SSSR count). The van der Waals surface area contributed by atoms with Crippen LogP contribution >= 0.6 is 0 Å². The minimum Gasteiger partial charge on any atom is -0.379 e. The van der Waals surface area contributed by atoms with Gasteiger partial charge in [0.2, 0.25) is 5.91 Å². The van der Waals surface area contributed by atoms with E-state index >= 15 is 0 Å². The molecule has 1 aromatic heterocycles. The SMILES string of the molecule is CN1CCCN(CC(=O)N[C@H]2COC[C@H]2Cc2ccncc2)CC1. The van der Waals surface area contributed by atoms with E-state index in [-0.39, 0.29) is 11.9 Å². The number of carbonyl (C=O) groups is 1. The van der Waals surface area contributed by atoms with Gasteiger partial charge in [0, 0.05) is 31.4 Å². The predicted molar refractivity (Wildman–Crippen MR) is 92.7 cm³/mol. The molecule has 2 aliphatic rings. The molecule has 0 aromatic carbocycles. The van der Waals surface area contributed by atoms with Gasteiger partial charge in [-0.3, -0.25) is 14.7 Å². The third kappa shape index (κ3) is 5.00. The number of nitrogens with one attached hydrogen (secondary N) is 1. The highest BCUT2D eigenvalue weighted by Gasteiger charge is 2.30. The van der Waals surface area contributed by atoms with Crippen molar-refractivity contribution in [3.8, 4) is 0 Å². The second-order valence-electron chi connectivity index (χ2n) is 6.96. The summed E-state index contributed by atoms with van der Waals surface area (Å²) in [6, 6.07) is 4.18. The van der Waals surface area contributed by atoms with Crippen LogP contribution < -0.4 is 5.32 Å². The maximum atomic E-state index is 12.4. The van der Waals surface area contributed by atoms with Gasteiger partial charge in [0.15, 0.2) is 0 Å². The average molecular weight is 332 g/mol. The van der Waals surface area contributed by atoms with Crippen LogP contribution in [0.1, 0.15) is 12.0 Å². The molecule has 0 aliphatic carbocycles. The fourth-order valence-corrected chi connectivity index (χ4v) is 3.49. The van der Waals surface area contributed by atoms with Crippen LogP contribution in [0, 0.1) is 5.92 Å². The number of rotatable bonds is 5. The van der Waals surface area contributed by atoms with Crippen LogP contribution in [-0.4, -0.2) is 79.7 Å². The van der Waals surface area contributed by atoms with Crippen molar-refractivity contribution in [2.75, 3.05) is 53.0 Å². The van der Waals surface area contributed by atoms with Gasteiger partial charge in [-0.15, -0.1) is 0 Å². The fourth-order valence-electron chi connectivity index (χ4n) is 3.49. The Bertz CT molecular complexity index is 525. The molecule has 2 aliphatic heterocycles. The Hall–Kier alpha value is -1.50. The van der Waals surface area contributed by atoms with Crippen molar-refractivity contribution in [1.29, 1.82) is 0 Å². The minimum atomic E-state index is 0.111. The van der Waals surface area contributed by atoms with Gasteiger partial charge >= 0.3 is 0 Å². The lowest BCUT2D eigenvalue weighted by Gasteiger charge is -2.23. The predicted octanol–water partition coefficient (Wildman–Crippen LogP) is 0.393. The maximum absolute atomic E-state index is 12.4. The van der Waals surface area contributed by atoms with Crippen molar-refractivity contribution in [2.45, 2.75) is 18.9 Å². The number of hydrogen-bond acceptors (Lipinski definition) is 5. The zero-order valence-electron chi connectivity index (χ0n) is 14.5. The van der Waals surface area contributed by atoms with Crippen LogP contribution in [0.15, 0.2) is 24.5 Å². The first-order chi connectivity index (χ1) is 11.7. The van der Waals surface area contributed by atoms with Gasteiger partial charge in [-0.2, -0.15) is 0 Å². The van der Waals surface area contributed by atoms with Crippen molar-refractivity contribution in [1.82, 2.24) is 20.1 Å². The van der Waals surface area contributed by atoms with E-state index in [1.165, 1.54) is 5.56 Å². The van der Waals surface area contributed by atoms with Gasteiger partial charge in [-0.1, -0.05) is 0 Å². The van der Waals surface area contributed by atoms with E-state index in [2.05, 4.69) is 27.1 Å². The quantitative estimate of drug-likeness (QED) is 0.845. The number of likely N-dealkylation sites (N-methyl/N-ethyl adjacent to an activating group) is 1. The van der Waals surface area contributed by atoms with Crippen molar-refractivity contribution >= 4 is 5.91 Å². The molecule has 132 valence electrons. The number of nitrogens with zero attached hydrogens (tertiary/aromatic N) is 3. The molecule has 6 heteroatoms. The molecule has 6 nitrogen and oxygen atoms in total. The summed E-state index contributed by atoms with van der Waals surface area (Å²) in [7, 11) is 2.14. The van der Waals surface area contributed by atoms with Crippen LogP contribution in [0.2, 0.25) is 0 Å². The van der Waals surface area contributed by atoms with E-state index in [0.717, 1.165) is 39.0 Å². The monoisotopic (exact) mass is 332 g/mol. The number of pyridine rings is 1. The van der Waals surface area contributed by atoms with E-state index in [0.29, 0.717) is 25.7 Å². The summed E-state index contributed by atoms with van der Waals surface area (Å²) in [4.78, 5) is 21.1. The molecule has 0 unspecified atom stereocenters. The Labute approximate surface area is 144 Å². The van der Waals surface area contributed by atoms with Crippen molar-refractivity contribution in [3.05, 3.63) is 30.1 Å². The van der Waals surface area contributed by atoms with Crippen molar-refractivity contribution in [2.24, 2.45) is 5.92 Å². The lowest BCUT2D eigenvalue weighted by molar-refractivity contribution is -0.123. The zero-order valence-corrected chi connectivity index (χ0v) is 14.5. The Kier molecular flexibility index (Phi) is 6.18. The molecule has 1 N–H and O–H groups in total.